The molecule has 1 aliphatic heterocycles. The minimum atomic E-state index is -1.13. The van der Waals surface area contributed by atoms with Crippen LogP contribution in [-0.2, 0) is 4.79 Å². The molecule has 0 saturated heterocycles. The quantitative estimate of drug-likeness (QED) is 0.769. The lowest BCUT2D eigenvalue weighted by Crippen LogP contribution is -2.47. The number of anilines is 1. The molecule has 0 radical (unpaired) electrons. The zero-order valence-corrected chi connectivity index (χ0v) is 15.2. The molecule has 2 aromatic carbocycles. The maximum absolute atomic E-state index is 13.9. The molecule has 8 heteroatoms. The molecule has 1 atom stereocenters. The van der Waals surface area contributed by atoms with Crippen molar-refractivity contribution < 1.29 is 23.2 Å². The van der Waals surface area contributed by atoms with Crippen LogP contribution in [0.25, 0.3) is 0 Å². The number of thioether (sulfide) groups is 1. The summed E-state index contributed by atoms with van der Waals surface area (Å²) >= 11 is 1.44. The summed E-state index contributed by atoms with van der Waals surface area (Å²) in [6, 6.07) is 7.84. The average molecular weight is 390 g/mol. The van der Waals surface area contributed by atoms with Crippen LogP contribution in [0.15, 0.2) is 42.5 Å². The van der Waals surface area contributed by atoms with Gasteiger partial charge in [0.2, 0.25) is 5.91 Å². The van der Waals surface area contributed by atoms with E-state index in [0.717, 1.165) is 23.1 Å². The number of carbonyl (C=O) groups is 3. The van der Waals surface area contributed by atoms with Crippen LogP contribution in [0.4, 0.5) is 14.5 Å². The van der Waals surface area contributed by atoms with Crippen LogP contribution >= 0.6 is 11.8 Å². The standard InChI is InChI=1S/C19H16F2N2O3S/c1-27-9-8-16(17(24)22-15-10-11(20)6-7-14(15)21)23-18(25)12-4-2-3-5-13(12)19(23)26/h2-7,10,16H,8-9H2,1H3,(H,22,24)/t16-/m1/s1. The fourth-order valence-corrected chi connectivity index (χ4v) is 3.37. The Hall–Kier alpha value is -2.74. The number of rotatable bonds is 6. The summed E-state index contributed by atoms with van der Waals surface area (Å²) < 4.78 is 27.2. The highest BCUT2D eigenvalue weighted by atomic mass is 32.2. The molecule has 27 heavy (non-hydrogen) atoms. The second-order valence-corrected chi connectivity index (χ2v) is 6.92. The molecular weight excluding hydrogens is 374 g/mol. The van der Waals surface area contributed by atoms with Crippen molar-refractivity contribution in [3.8, 4) is 0 Å². The molecule has 0 fully saturated rings. The van der Waals surface area contributed by atoms with E-state index in [2.05, 4.69) is 5.32 Å². The van der Waals surface area contributed by atoms with Crippen molar-refractivity contribution in [3.05, 3.63) is 65.2 Å². The summed E-state index contributed by atoms with van der Waals surface area (Å²) in [6.45, 7) is 0. The number of fused-ring (bicyclic) bond motifs is 1. The molecule has 5 nitrogen and oxygen atoms in total. The molecule has 0 aliphatic carbocycles. The molecule has 0 aromatic heterocycles. The van der Waals surface area contributed by atoms with Crippen molar-refractivity contribution in [3.63, 3.8) is 0 Å². The SMILES string of the molecule is CSCC[C@H](C(=O)Nc1cc(F)ccc1F)N1C(=O)c2ccccc2C1=O. The van der Waals surface area contributed by atoms with Crippen molar-refractivity contribution in [2.75, 3.05) is 17.3 Å². The molecule has 140 valence electrons. The number of carbonyl (C=O) groups excluding carboxylic acids is 3. The Balaban J connectivity index is 1.90. The second-order valence-electron chi connectivity index (χ2n) is 5.94. The molecule has 0 spiro atoms. The van der Waals surface area contributed by atoms with E-state index in [0.29, 0.717) is 5.75 Å². The Bertz CT molecular complexity index is 885. The van der Waals surface area contributed by atoms with Gasteiger partial charge >= 0.3 is 0 Å². The normalized spacial score (nSPS) is 14.3. The van der Waals surface area contributed by atoms with Crippen LogP contribution in [0.1, 0.15) is 27.1 Å². The summed E-state index contributed by atoms with van der Waals surface area (Å²) in [5.74, 6) is -2.92. The van der Waals surface area contributed by atoms with Crippen molar-refractivity contribution in [1.82, 2.24) is 4.90 Å². The van der Waals surface area contributed by atoms with Gasteiger partial charge in [-0.3, -0.25) is 19.3 Å². The van der Waals surface area contributed by atoms with E-state index in [-0.39, 0.29) is 23.2 Å². The van der Waals surface area contributed by atoms with Crippen LogP contribution in [-0.4, -0.2) is 40.7 Å². The highest BCUT2D eigenvalue weighted by molar-refractivity contribution is 7.98. The van der Waals surface area contributed by atoms with Gasteiger partial charge in [-0.15, -0.1) is 0 Å². The average Bonchev–Trinajstić information content (AvgIpc) is 2.90. The lowest BCUT2D eigenvalue weighted by Gasteiger charge is -2.25. The van der Waals surface area contributed by atoms with E-state index in [1.807, 2.05) is 6.26 Å². The number of nitrogens with zero attached hydrogens (tertiary/aromatic N) is 1. The lowest BCUT2D eigenvalue weighted by molar-refractivity contribution is -0.120. The molecule has 0 unspecified atom stereocenters. The first-order chi connectivity index (χ1) is 12.9. The summed E-state index contributed by atoms with van der Waals surface area (Å²) in [4.78, 5) is 39.0. The van der Waals surface area contributed by atoms with Gasteiger partial charge in [0, 0.05) is 6.07 Å². The monoisotopic (exact) mass is 390 g/mol. The first kappa shape index (κ1) is 19.0. The van der Waals surface area contributed by atoms with Crippen LogP contribution in [0.2, 0.25) is 0 Å². The van der Waals surface area contributed by atoms with Crippen molar-refractivity contribution in [2.24, 2.45) is 0 Å². The number of benzene rings is 2. The molecule has 1 heterocycles. The number of halogens is 2. The number of hydrogen-bond donors (Lipinski definition) is 1. The third-order valence-corrected chi connectivity index (χ3v) is 4.87. The third kappa shape index (κ3) is 3.71. The molecule has 1 N–H and O–H groups in total. The topological polar surface area (TPSA) is 66.5 Å². The second kappa shape index (κ2) is 7.87. The molecule has 3 amide bonds. The summed E-state index contributed by atoms with van der Waals surface area (Å²) in [5.41, 5.74) is 0.105. The van der Waals surface area contributed by atoms with Crippen molar-refractivity contribution >= 4 is 35.2 Å². The predicted octanol–water partition coefficient (Wildman–Crippen LogP) is 3.32. The van der Waals surface area contributed by atoms with Gasteiger partial charge in [-0.2, -0.15) is 11.8 Å². The Morgan fingerprint density at radius 2 is 1.74 bits per heavy atom. The zero-order chi connectivity index (χ0) is 19.6. The summed E-state index contributed by atoms with van der Waals surface area (Å²) in [7, 11) is 0. The molecule has 0 saturated carbocycles. The molecule has 3 rings (SSSR count). The van der Waals surface area contributed by atoms with Gasteiger partial charge in [-0.05, 0) is 42.7 Å². The van der Waals surface area contributed by atoms with Gasteiger partial charge < -0.3 is 5.32 Å². The van der Waals surface area contributed by atoms with Crippen LogP contribution < -0.4 is 5.32 Å². The van der Waals surface area contributed by atoms with Gasteiger partial charge in [0.15, 0.2) is 0 Å². The van der Waals surface area contributed by atoms with Crippen molar-refractivity contribution in [2.45, 2.75) is 12.5 Å². The van der Waals surface area contributed by atoms with E-state index in [9.17, 15) is 23.2 Å². The van der Waals surface area contributed by atoms with E-state index < -0.39 is 35.4 Å². The number of amides is 3. The first-order valence-electron chi connectivity index (χ1n) is 8.15. The highest BCUT2D eigenvalue weighted by Gasteiger charge is 2.42. The number of imide groups is 1. The van der Waals surface area contributed by atoms with Gasteiger partial charge in [0.25, 0.3) is 11.8 Å². The van der Waals surface area contributed by atoms with Gasteiger partial charge in [0.1, 0.15) is 17.7 Å². The fraction of sp³-hybridized carbons (Fsp3) is 0.211. The number of nitrogens with one attached hydrogen (secondary N) is 1. The van der Waals surface area contributed by atoms with E-state index in [1.165, 1.54) is 23.9 Å². The van der Waals surface area contributed by atoms with Crippen LogP contribution in [0, 0.1) is 11.6 Å². The first-order valence-corrected chi connectivity index (χ1v) is 9.55. The minimum absolute atomic E-state index is 0.190. The molecule has 0 bridgehead atoms. The maximum Gasteiger partial charge on any atom is 0.262 e. The minimum Gasteiger partial charge on any atom is -0.322 e. The van der Waals surface area contributed by atoms with Crippen LogP contribution in [0.5, 0.6) is 0 Å². The Morgan fingerprint density at radius 3 is 2.33 bits per heavy atom. The van der Waals surface area contributed by atoms with Crippen LogP contribution in [0.3, 0.4) is 0 Å². The zero-order valence-electron chi connectivity index (χ0n) is 14.4. The Kier molecular flexibility index (Phi) is 5.55. The number of hydrogen-bond acceptors (Lipinski definition) is 4. The molecule has 2 aromatic rings. The largest absolute Gasteiger partial charge is 0.322 e. The van der Waals surface area contributed by atoms with E-state index >= 15 is 0 Å². The lowest BCUT2D eigenvalue weighted by atomic mass is 10.1. The maximum atomic E-state index is 13.9. The van der Waals surface area contributed by atoms with Gasteiger partial charge in [-0.25, -0.2) is 8.78 Å². The predicted molar refractivity (Wildman–Crippen MR) is 98.7 cm³/mol. The summed E-state index contributed by atoms with van der Waals surface area (Å²) in [6.07, 6.45) is 2.01. The third-order valence-electron chi connectivity index (χ3n) is 4.22. The summed E-state index contributed by atoms with van der Waals surface area (Å²) in [5, 5.41) is 2.30. The Labute approximate surface area is 158 Å². The fourth-order valence-electron chi connectivity index (χ4n) is 2.91. The Morgan fingerprint density at radius 1 is 1.11 bits per heavy atom. The van der Waals surface area contributed by atoms with Gasteiger partial charge in [0.05, 0.1) is 16.8 Å². The van der Waals surface area contributed by atoms with Crippen molar-refractivity contribution in [1.29, 1.82) is 0 Å². The highest BCUT2D eigenvalue weighted by Crippen LogP contribution is 2.27. The molecule has 1 aliphatic rings. The van der Waals surface area contributed by atoms with E-state index in [4.69, 9.17) is 0 Å². The van der Waals surface area contributed by atoms with Gasteiger partial charge in [-0.1, -0.05) is 12.1 Å². The smallest absolute Gasteiger partial charge is 0.262 e. The van der Waals surface area contributed by atoms with E-state index in [1.54, 1.807) is 12.1 Å². The molecular formula is C19H16F2N2O3S.